The van der Waals surface area contributed by atoms with Crippen molar-refractivity contribution in [1.82, 2.24) is 9.80 Å². The Morgan fingerprint density at radius 2 is 2.06 bits per heavy atom. The summed E-state index contributed by atoms with van der Waals surface area (Å²) in [5.41, 5.74) is 5.83. The fourth-order valence-corrected chi connectivity index (χ4v) is 2.71. The van der Waals surface area contributed by atoms with Crippen molar-refractivity contribution in [2.24, 2.45) is 11.7 Å². The van der Waals surface area contributed by atoms with Gasteiger partial charge in [-0.2, -0.15) is 0 Å². The zero-order valence-electron chi connectivity index (χ0n) is 10.6. The number of amides is 1. The first-order valence-corrected chi connectivity index (χ1v) is 6.41. The van der Waals surface area contributed by atoms with Gasteiger partial charge >= 0.3 is 0 Å². The van der Waals surface area contributed by atoms with E-state index in [0.29, 0.717) is 18.4 Å². The van der Waals surface area contributed by atoms with Crippen LogP contribution < -0.4 is 5.73 Å². The SMILES string of the molecule is CC1CCCN(C(=O)CN2CC[C@@H](N)C2)C1.Cl. The molecule has 0 saturated carbocycles. The summed E-state index contributed by atoms with van der Waals surface area (Å²) in [5.74, 6) is 0.958. The van der Waals surface area contributed by atoms with Crippen molar-refractivity contribution >= 4 is 18.3 Å². The Labute approximate surface area is 110 Å². The maximum atomic E-state index is 12.0. The fraction of sp³-hybridized carbons (Fsp3) is 0.917. The van der Waals surface area contributed by atoms with Crippen molar-refractivity contribution in [3.63, 3.8) is 0 Å². The van der Waals surface area contributed by atoms with Gasteiger partial charge in [0, 0.05) is 32.2 Å². The minimum atomic E-state index is 0. The van der Waals surface area contributed by atoms with E-state index >= 15 is 0 Å². The third kappa shape index (κ3) is 4.12. The number of likely N-dealkylation sites (tertiary alicyclic amines) is 2. The molecule has 0 radical (unpaired) electrons. The van der Waals surface area contributed by atoms with Gasteiger partial charge in [-0.05, 0) is 25.2 Å². The molecule has 0 aromatic carbocycles. The van der Waals surface area contributed by atoms with E-state index in [1.807, 2.05) is 4.90 Å². The Bertz CT molecular complexity index is 262. The predicted molar refractivity (Wildman–Crippen MR) is 71.3 cm³/mol. The molecular weight excluding hydrogens is 238 g/mol. The van der Waals surface area contributed by atoms with Crippen LogP contribution in [0.5, 0.6) is 0 Å². The molecule has 2 N–H and O–H groups in total. The molecule has 5 heteroatoms. The number of hydrogen-bond donors (Lipinski definition) is 1. The zero-order chi connectivity index (χ0) is 11.5. The summed E-state index contributed by atoms with van der Waals surface area (Å²) in [4.78, 5) is 16.3. The van der Waals surface area contributed by atoms with Gasteiger partial charge in [0.2, 0.25) is 5.91 Å². The Kier molecular flexibility index (Phi) is 5.70. The van der Waals surface area contributed by atoms with Crippen LogP contribution in [0.2, 0.25) is 0 Å². The summed E-state index contributed by atoms with van der Waals surface area (Å²) >= 11 is 0. The number of nitrogens with two attached hydrogens (primary N) is 1. The van der Waals surface area contributed by atoms with Crippen molar-refractivity contribution in [2.45, 2.75) is 32.2 Å². The van der Waals surface area contributed by atoms with Gasteiger partial charge in [-0.25, -0.2) is 0 Å². The summed E-state index contributed by atoms with van der Waals surface area (Å²) in [6.45, 7) is 6.55. The van der Waals surface area contributed by atoms with Crippen LogP contribution in [0.3, 0.4) is 0 Å². The maximum Gasteiger partial charge on any atom is 0.236 e. The minimum absolute atomic E-state index is 0. The second kappa shape index (κ2) is 6.57. The van der Waals surface area contributed by atoms with Crippen molar-refractivity contribution in [1.29, 1.82) is 0 Å². The Balaban J connectivity index is 0.00000144. The van der Waals surface area contributed by atoms with Crippen LogP contribution >= 0.6 is 12.4 Å². The van der Waals surface area contributed by atoms with E-state index in [-0.39, 0.29) is 18.4 Å². The highest BCUT2D eigenvalue weighted by Gasteiger charge is 2.25. The third-order valence-electron chi connectivity index (χ3n) is 3.68. The number of nitrogens with zero attached hydrogens (tertiary/aromatic N) is 2. The molecule has 2 aliphatic rings. The summed E-state index contributed by atoms with van der Waals surface area (Å²) in [5, 5.41) is 0. The molecule has 0 spiro atoms. The largest absolute Gasteiger partial charge is 0.341 e. The molecule has 1 unspecified atom stereocenters. The molecular formula is C12H24ClN3O. The molecule has 17 heavy (non-hydrogen) atoms. The molecule has 4 nitrogen and oxygen atoms in total. The lowest BCUT2D eigenvalue weighted by molar-refractivity contribution is -0.133. The lowest BCUT2D eigenvalue weighted by Gasteiger charge is -2.32. The molecule has 0 aromatic rings. The molecule has 2 fully saturated rings. The number of carbonyl (C=O) groups excluding carboxylic acids is 1. The standard InChI is InChI=1S/C12H23N3O.ClH/c1-10-3-2-5-15(7-10)12(16)9-14-6-4-11(13)8-14;/h10-11H,2-9,13H2,1H3;1H/t10?,11-;/m1./s1. The van der Waals surface area contributed by atoms with Crippen molar-refractivity contribution < 1.29 is 4.79 Å². The normalized spacial score (nSPS) is 30.1. The summed E-state index contributed by atoms with van der Waals surface area (Å²) < 4.78 is 0. The van der Waals surface area contributed by atoms with Crippen molar-refractivity contribution in [3.8, 4) is 0 Å². The predicted octanol–water partition coefficient (Wildman–Crippen LogP) is 0.700. The van der Waals surface area contributed by atoms with Gasteiger partial charge in [0.15, 0.2) is 0 Å². The van der Waals surface area contributed by atoms with Gasteiger partial charge in [0.05, 0.1) is 6.54 Å². The number of hydrogen-bond acceptors (Lipinski definition) is 3. The van der Waals surface area contributed by atoms with Crippen molar-refractivity contribution in [3.05, 3.63) is 0 Å². The zero-order valence-corrected chi connectivity index (χ0v) is 11.4. The lowest BCUT2D eigenvalue weighted by Crippen LogP contribution is -2.44. The van der Waals surface area contributed by atoms with Crippen LogP contribution in [0.4, 0.5) is 0 Å². The molecule has 2 heterocycles. The average molecular weight is 262 g/mol. The molecule has 2 rings (SSSR count). The van der Waals surface area contributed by atoms with Crippen molar-refractivity contribution in [2.75, 3.05) is 32.7 Å². The van der Waals surface area contributed by atoms with E-state index < -0.39 is 0 Å². The van der Waals surface area contributed by atoms with Gasteiger partial charge in [0.1, 0.15) is 0 Å². The second-order valence-electron chi connectivity index (χ2n) is 5.37. The summed E-state index contributed by atoms with van der Waals surface area (Å²) in [6, 6.07) is 0.271. The first-order chi connectivity index (χ1) is 7.65. The first-order valence-electron chi connectivity index (χ1n) is 6.41. The van der Waals surface area contributed by atoms with Gasteiger partial charge in [-0.1, -0.05) is 6.92 Å². The molecule has 100 valence electrons. The molecule has 0 aromatic heterocycles. The van der Waals surface area contributed by atoms with Gasteiger partial charge in [0.25, 0.3) is 0 Å². The molecule has 0 bridgehead atoms. The monoisotopic (exact) mass is 261 g/mol. The third-order valence-corrected chi connectivity index (χ3v) is 3.68. The number of rotatable bonds is 2. The van der Waals surface area contributed by atoms with E-state index in [9.17, 15) is 4.79 Å². The van der Waals surface area contributed by atoms with E-state index in [1.165, 1.54) is 6.42 Å². The highest BCUT2D eigenvalue weighted by Crippen LogP contribution is 2.16. The van der Waals surface area contributed by atoms with Crippen LogP contribution in [0.1, 0.15) is 26.2 Å². The molecule has 0 aliphatic carbocycles. The average Bonchev–Trinajstić information content (AvgIpc) is 2.64. The molecule has 2 aliphatic heterocycles. The van der Waals surface area contributed by atoms with E-state index in [4.69, 9.17) is 5.73 Å². The van der Waals surface area contributed by atoms with Crippen LogP contribution in [0.25, 0.3) is 0 Å². The van der Waals surface area contributed by atoms with Crippen LogP contribution in [0, 0.1) is 5.92 Å². The van der Waals surface area contributed by atoms with Crippen LogP contribution in [-0.2, 0) is 4.79 Å². The minimum Gasteiger partial charge on any atom is -0.341 e. The highest BCUT2D eigenvalue weighted by molar-refractivity contribution is 5.85. The summed E-state index contributed by atoms with van der Waals surface area (Å²) in [7, 11) is 0. The Morgan fingerprint density at radius 3 is 2.65 bits per heavy atom. The maximum absolute atomic E-state index is 12.0. The van der Waals surface area contributed by atoms with Crippen LogP contribution in [0.15, 0.2) is 0 Å². The van der Waals surface area contributed by atoms with E-state index in [0.717, 1.165) is 39.0 Å². The Hall–Kier alpha value is -0.320. The molecule has 2 saturated heterocycles. The smallest absolute Gasteiger partial charge is 0.236 e. The summed E-state index contributed by atoms with van der Waals surface area (Å²) in [6.07, 6.45) is 3.45. The van der Waals surface area contributed by atoms with Crippen LogP contribution in [-0.4, -0.2) is 54.5 Å². The molecule has 2 atom stereocenters. The highest BCUT2D eigenvalue weighted by atomic mass is 35.5. The first kappa shape index (κ1) is 14.7. The van der Waals surface area contributed by atoms with Gasteiger partial charge in [-0.15, -0.1) is 12.4 Å². The van der Waals surface area contributed by atoms with E-state index in [2.05, 4.69) is 11.8 Å². The molecule has 1 amide bonds. The quantitative estimate of drug-likeness (QED) is 0.796. The number of carbonyl (C=O) groups is 1. The Morgan fingerprint density at radius 1 is 1.29 bits per heavy atom. The number of halogens is 1. The lowest BCUT2D eigenvalue weighted by atomic mass is 10.0. The van der Waals surface area contributed by atoms with Gasteiger partial charge in [-0.3, -0.25) is 9.69 Å². The second-order valence-corrected chi connectivity index (χ2v) is 5.37. The van der Waals surface area contributed by atoms with Gasteiger partial charge < -0.3 is 10.6 Å². The number of piperidine rings is 1. The van der Waals surface area contributed by atoms with E-state index in [1.54, 1.807) is 0 Å². The topological polar surface area (TPSA) is 49.6 Å². The fourth-order valence-electron chi connectivity index (χ4n) is 2.71.